The predicted octanol–water partition coefficient (Wildman–Crippen LogP) is 4.71. The Morgan fingerprint density at radius 2 is 1.62 bits per heavy atom. The van der Waals surface area contributed by atoms with Crippen molar-refractivity contribution in [3.8, 4) is 0 Å². The number of aromatic amines is 1. The highest BCUT2D eigenvalue weighted by Crippen LogP contribution is 2.25. The number of benzene rings is 2. The van der Waals surface area contributed by atoms with Crippen LogP contribution in [0.3, 0.4) is 0 Å². The lowest BCUT2D eigenvalue weighted by atomic mass is 10.1. The van der Waals surface area contributed by atoms with Crippen molar-refractivity contribution in [2.45, 2.75) is 44.3 Å². The molecular weight excluding hydrogens is 318 g/mol. The first-order chi connectivity index (χ1) is 11.4. The van der Waals surface area contributed by atoms with Gasteiger partial charge >= 0.3 is 0 Å². The van der Waals surface area contributed by atoms with Gasteiger partial charge in [0.15, 0.2) is 9.84 Å². The predicted molar refractivity (Wildman–Crippen MR) is 99.1 cm³/mol. The summed E-state index contributed by atoms with van der Waals surface area (Å²) in [4.78, 5) is 3.71. The van der Waals surface area contributed by atoms with Crippen LogP contribution in [0.25, 0.3) is 10.9 Å². The van der Waals surface area contributed by atoms with E-state index < -0.39 is 9.84 Å². The Labute approximate surface area is 143 Å². The van der Waals surface area contributed by atoms with Crippen molar-refractivity contribution in [2.24, 2.45) is 0 Å². The van der Waals surface area contributed by atoms with Gasteiger partial charge < -0.3 is 4.98 Å². The molecule has 0 saturated carbocycles. The Balaban J connectivity index is 1.89. The summed E-state index contributed by atoms with van der Waals surface area (Å²) in [5.41, 5.74) is 5.35. The molecule has 0 atom stereocenters. The van der Waals surface area contributed by atoms with Crippen LogP contribution in [0.2, 0.25) is 0 Å². The second-order valence-electron chi connectivity index (χ2n) is 6.41. The van der Waals surface area contributed by atoms with Gasteiger partial charge in [0.25, 0.3) is 0 Å². The molecule has 0 saturated heterocycles. The topological polar surface area (TPSA) is 49.9 Å². The maximum absolute atomic E-state index is 12.7. The van der Waals surface area contributed by atoms with E-state index in [9.17, 15) is 8.42 Å². The number of aryl methyl sites for hydroxylation is 3. The lowest BCUT2D eigenvalue weighted by Gasteiger charge is -2.07. The SMILES string of the molecule is CCCc1ccc(S(=O)(=O)Cc2ccc3[nH]c(C)c(C)c3c2)cc1. The zero-order valence-corrected chi connectivity index (χ0v) is 15.2. The summed E-state index contributed by atoms with van der Waals surface area (Å²) in [7, 11) is -3.33. The standard InChI is InChI=1S/C20H23NO2S/c1-4-5-16-6-9-18(10-7-16)24(22,23)13-17-8-11-20-19(12-17)14(2)15(3)21-20/h6-12,21H,4-5,13H2,1-3H3. The van der Waals surface area contributed by atoms with E-state index >= 15 is 0 Å². The summed E-state index contributed by atoms with van der Waals surface area (Å²) in [6.07, 6.45) is 2.03. The smallest absolute Gasteiger partial charge is 0.182 e. The van der Waals surface area contributed by atoms with Gasteiger partial charge in [0, 0.05) is 16.6 Å². The third-order valence-corrected chi connectivity index (χ3v) is 6.25. The third kappa shape index (κ3) is 3.24. The Hall–Kier alpha value is -2.07. The van der Waals surface area contributed by atoms with Gasteiger partial charge in [-0.2, -0.15) is 0 Å². The first-order valence-corrected chi connectivity index (χ1v) is 9.95. The highest BCUT2D eigenvalue weighted by molar-refractivity contribution is 7.90. The van der Waals surface area contributed by atoms with Crippen LogP contribution in [0.15, 0.2) is 47.4 Å². The monoisotopic (exact) mass is 341 g/mol. The molecule has 0 radical (unpaired) electrons. The summed E-state index contributed by atoms with van der Waals surface area (Å²) < 4.78 is 25.4. The van der Waals surface area contributed by atoms with Crippen LogP contribution in [-0.4, -0.2) is 13.4 Å². The molecular formula is C20H23NO2S. The van der Waals surface area contributed by atoms with Gasteiger partial charge in [-0.3, -0.25) is 0 Å². The molecule has 1 heterocycles. The molecule has 0 unspecified atom stereocenters. The minimum atomic E-state index is -3.33. The zero-order chi connectivity index (χ0) is 17.3. The highest BCUT2D eigenvalue weighted by atomic mass is 32.2. The van der Waals surface area contributed by atoms with Gasteiger partial charge in [-0.25, -0.2) is 8.42 Å². The molecule has 0 bridgehead atoms. The molecule has 1 aromatic heterocycles. The second-order valence-corrected chi connectivity index (χ2v) is 8.40. The second kappa shape index (κ2) is 6.44. The molecule has 3 aromatic rings. The maximum Gasteiger partial charge on any atom is 0.182 e. The molecule has 0 amide bonds. The lowest BCUT2D eigenvalue weighted by molar-refractivity contribution is 0.595. The minimum Gasteiger partial charge on any atom is -0.358 e. The molecule has 0 aliphatic rings. The van der Waals surface area contributed by atoms with Crippen LogP contribution in [0.4, 0.5) is 0 Å². The van der Waals surface area contributed by atoms with Crippen molar-refractivity contribution >= 4 is 20.7 Å². The Bertz CT molecular complexity index is 967. The fraction of sp³-hybridized carbons (Fsp3) is 0.300. The number of H-pyrrole nitrogens is 1. The number of hydrogen-bond acceptors (Lipinski definition) is 2. The number of sulfone groups is 1. The lowest BCUT2D eigenvalue weighted by Crippen LogP contribution is -2.05. The molecule has 0 fully saturated rings. The molecule has 1 N–H and O–H groups in total. The van der Waals surface area contributed by atoms with Gasteiger partial charge in [-0.1, -0.05) is 31.5 Å². The van der Waals surface area contributed by atoms with Crippen molar-refractivity contribution < 1.29 is 8.42 Å². The molecule has 3 nitrogen and oxygen atoms in total. The normalized spacial score (nSPS) is 12.0. The van der Waals surface area contributed by atoms with E-state index in [1.165, 1.54) is 11.1 Å². The fourth-order valence-electron chi connectivity index (χ4n) is 3.05. The third-order valence-electron chi connectivity index (χ3n) is 4.55. The van der Waals surface area contributed by atoms with E-state index in [1.807, 2.05) is 37.3 Å². The number of hydrogen-bond donors (Lipinski definition) is 1. The average Bonchev–Trinajstić information content (AvgIpc) is 2.83. The van der Waals surface area contributed by atoms with Crippen molar-refractivity contribution in [3.63, 3.8) is 0 Å². The van der Waals surface area contributed by atoms with Crippen LogP contribution in [0, 0.1) is 13.8 Å². The van der Waals surface area contributed by atoms with Gasteiger partial charge in [-0.15, -0.1) is 0 Å². The van der Waals surface area contributed by atoms with Gasteiger partial charge in [0.05, 0.1) is 10.6 Å². The largest absolute Gasteiger partial charge is 0.358 e. The van der Waals surface area contributed by atoms with Crippen molar-refractivity contribution in [1.82, 2.24) is 4.98 Å². The van der Waals surface area contributed by atoms with E-state index in [0.717, 1.165) is 35.0 Å². The molecule has 0 spiro atoms. The van der Waals surface area contributed by atoms with Gasteiger partial charge in [0.1, 0.15) is 0 Å². The number of fused-ring (bicyclic) bond motifs is 1. The summed E-state index contributed by atoms with van der Waals surface area (Å²) in [5, 5.41) is 1.10. The molecule has 24 heavy (non-hydrogen) atoms. The summed E-state index contributed by atoms with van der Waals surface area (Å²) in [5.74, 6) is 0.0275. The Morgan fingerprint density at radius 3 is 2.29 bits per heavy atom. The minimum absolute atomic E-state index is 0.0275. The van der Waals surface area contributed by atoms with E-state index in [4.69, 9.17) is 0 Å². The zero-order valence-electron chi connectivity index (χ0n) is 14.4. The Kier molecular flexibility index (Phi) is 4.50. The maximum atomic E-state index is 12.7. The number of nitrogens with one attached hydrogen (secondary N) is 1. The van der Waals surface area contributed by atoms with E-state index in [0.29, 0.717) is 4.90 Å². The van der Waals surface area contributed by atoms with E-state index in [-0.39, 0.29) is 5.75 Å². The average molecular weight is 341 g/mol. The number of aromatic nitrogens is 1. The van der Waals surface area contributed by atoms with Crippen molar-refractivity contribution in [2.75, 3.05) is 0 Å². The van der Waals surface area contributed by atoms with Crippen molar-refractivity contribution in [3.05, 3.63) is 64.8 Å². The van der Waals surface area contributed by atoms with Crippen LogP contribution in [0.1, 0.15) is 35.7 Å². The quantitative estimate of drug-likeness (QED) is 0.730. The van der Waals surface area contributed by atoms with Crippen LogP contribution in [0.5, 0.6) is 0 Å². The van der Waals surface area contributed by atoms with Crippen molar-refractivity contribution in [1.29, 1.82) is 0 Å². The van der Waals surface area contributed by atoms with Crippen LogP contribution < -0.4 is 0 Å². The Morgan fingerprint density at radius 1 is 0.958 bits per heavy atom. The highest BCUT2D eigenvalue weighted by Gasteiger charge is 2.16. The first-order valence-electron chi connectivity index (χ1n) is 8.30. The number of rotatable bonds is 5. The van der Waals surface area contributed by atoms with Gasteiger partial charge in [-0.05, 0) is 61.2 Å². The van der Waals surface area contributed by atoms with Crippen LogP contribution >= 0.6 is 0 Å². The summed E-state index contributed by atoms with van der Waals surface area (Å²) in [6.45, 7) is 6.20. The van der Waals surface area contributed by atoms with E-state index in [1.54, 1.807) is 12.1 Å². The van der Waals surface area contributed by atoms with E-state index in [2.05, 4.69) is 18.8 Å². The molecule has 0 aliphatic carbocycles. The first kappa shape index (κ1) is 16.8. The summed E-state index contributed by atoms with van der Waals surface area (Å²) in [6, 6.07) is 13.1. The molecule has 126 valence electrons. The molecule has 3 rings (SSSR count). The fourth-order valence-corrected chi connectivity index (χ4v) is 4.39. The summed E-state index contributed by atoms with van der Waals surface area (Å²) >= 11 is 0. The van der Waals surface area contributed by atoms with Gasteiger partial charge in [0.2, 0.25) is 0 Å². The molecule has 2 aromatic carbocycles. The molecule has 0 aliphatic heterocycles. The van der Waals surface area contributed by atoms with Crippen LogP contribution in [-0.2, 0) is 22.0 Å². The molecule has 4 heteroatoms.